The van der Waals surface area contributed by atoms with Crippen molar-refractivity contribution in [3.05, 3.63) is 29.8 Å². The molecule has 0 aromatic heterocycles. The molecule has 1 aromatic carbocycles. The Morgan fingerprint density at radius 3 is 2.55 bits per heavy atom. The molecule has 1 aromatic rings. The molecule has 1 N–H and O–H groups in total. The van der Waals surface area contributed by atoms with Crippen molar-refractivity contribution in [1.29, 1.82) is 0 Å². The van der Waals surface area contributed by atoms with Crippen LogP contribution in [0.25, 0.3) is 0 Å². The molecule has 5 nitrogen and oxygen atoms in total. The number of hydrogen-bond donors (Lipinski definition) is 1. The van der Waals surface area contributed by atoms with Gasteiger partial charge in [0, 0.05) is 20.1 Å². The zero-order valence-electron chi connectivity index (χ0n) is 13.7. The lowest BCUT2D eigenvalue weighted by Crippen LogP contribution is -2.43. The average molecular weight is 304 g/mol. The molecule has 120 valence electrons. The third-order valence-electron chi connectivity index (χ3n) is 4.24. The summed E-state index contributed by atoms with van der Waals surface area (Å²) in [6.07, 6.45) is 0.116. The van der Waals surface area contributed by atoms with E-state index >= 15 is 0 Å². The molecule has 1 aliphatic rings. The first-order valence-corrected chi connectivity index (χ1v) is 7.60. The lowest BCUT2D eigenvalue weighted by Gasteiger charge is -2.25. The van der Waals surface area contributed by atoms with Crippen molar-refractivity contribution >= 4 is 11.8 Å². The van der Waals surface area contributed by atoms with Crippen molar-refractivity contribution in [2.24, 2.45) is 5.41 Å². The van der Waals surface area contributed by atoms with Crippen LogP contribution in [0.4, 0.5) is 0 Å². The normalized spacial score (nSPS) is 22.3. The Morgan fingerprint density at radius 1 is 1.32 bits per heavy atom. The highest BCUT2D eigenvalue weighted by molar-refractivity contribution is 5.86. The monoisotopic (exact) mass is 304 g/mol. The zero-order valence-corrected chi connectivity index (χ0v) is 13.7. The number of hydrogen-bond acceptors (Lipinski definition) is 3. The fourth-order valence-electron chi connectivity index (χ4n) is 2.76. The van der Waals surface area contributed by atoms with E-state index in [4.69, 9.17) is 4.74 Å². The topological polar surface area (TPSA) is 58.6 Å². The number of nitrogens with zero attached hydrogens (tertiary/aromatic N) is 1. The number of benzene rings is 1. The highest BCUT2D eigenvalue weighted by Crippen LogP contribution is 2.30. The third-order valence-corrected chi connectivity index (χ3v) is 4.24. The number of aryl methyl sites for hydroxylation is 1. The van der Waals surface area contributed by atoms with Crippen LogP contribution in [0, 0.1) is 12.3 Å². The van der Waals surface area contributed by atoms with Crippen molar-refractivity contribution in [3.63, 3.8) is 0 Å². The van der Waals surface area contributed by atoms with Gasteiger partial charge < -0.3 is 15.0 Å². The van der Waals surface area contributed by atoms with E-state index in [0.29, 0.717) is 25.3 Å². The number of carbonyl (C=O) groups excluding carboxylic acids is 2. The van der Waals surface area contributed by atoms with E-state index in [0.717, 1.165) is 5.56 Å². The summed E-state index contributed by atoms with van der Waals surface area (Å²) in [5, 5.41) is 2.67. The zero-order chi connectivity index (χ0) is 16.3. The first-order valence-electron chi connectivity index (χ1n) is 7.60. The quantitative estimate of drug-likeness (QED) is 0.922. The number of likely N-dealkylation sites (tertiary alicyclic amines) is 1. The maximum atomic E-state index is 12.5. The second kappa shape index (κ2) is 6.38. The van der Waals surface area contributed by atoms with Crippen LogP contribution in [0.5, 0.6) is 5.75 Å². The van der Waals surface area contributed by atoms with Crippen LogP contribution in [0.15, 0.2) is 24.3 Å². The lowest BCUT2D eigenvalue weighted by molar-refractivity contribution is -0.138. The van der Waals surface area contributed by atoms with Crippen molar-refractivity contribution in [3.8, 4) is 5.75 Å². The number of amides is 2. The van der Waals surface area contributed by atoms with Gasteiger partial charge in [-0.2, -0.15) is 0 Å². The minimum atomic E-state index is -0.560. The number of ether oxygens (including phenoxy) is 1. The van der Waals surface area contributed by atoms with E-state index < -0.39 is 11.5 Å². The fraction of sp³-hybridized carbons (Fsp3) is 0.529. The summed E-state index contributed by atoms with van der Waals surface area (Å²) in [5.74, 6) is 0.586. The molecular formula is C17H24N2O3. The van der Waals surface area contributed by atoms with Gasteiger partial charge in [-0.3, -0.25) is 9.59 Å². The molecular weight excluding hydrogens is 280 g/mol. The van der Waals surface area contributed by atoms with Crippen LogP contribution in [0.3, 0.4) is 0 Å². The molecule has 0 radical (unpaired) electrons. The molecule has 0 spiro atoms. The van der Waals surface area contributed by atoms with E-state index in [1.165, 1.54) is 0 Å². The number of nitrogens with one attached hydrogen (secondary N) is 1. The van der Waals surface area contributed by atoms with E-state index in [2.05, 4.69) is 5.32 Å². The summed E-state index contributed by atoms with van der Waals surface area (Å²) in [4.78, 5) is 26.1. The summed E-state index contributed by atoms with van der Waals surface area (Å²) in [5.41, 5.74) is 0.640. The highest BCUT2D eigenvalue weighted by atomic mass is 16.5. The molecule has 2 atom stereocenters. The molecule has 0 unspecified atom stereocenters. The van der Waals surface area contributed by atoms with Crippen LogP contribution in [-0.2, 0) is 9.59 Å². The minimum absolute atomic E-state index is 0.0186. The SMILES string of the molecule is CNC(=O)[C@@]1(C)CCN(C(=O)[C@@H](C)Oc2ccc(C)cc2)C1. The second-order valence-corrected chi connectivity index (χ2v) is 6.22. The molecule has 2 amide bonds. The van der Waals surface area contributed by atoms with Gasteiger partial charge in [0.15, 0.2) is 6.10 Å². The van der Waals surface area contributed by atoms with E-state index in [9.17, 15) is 9.59 Å². The van der Waals surface area contributed by atoms with Crippen LogP contribution in [0.1, 0.15) is 25.8 Å². The summed E-state index contributed by atoms with van der Waals surface area (Å²) < 4.78 is 5.71. The van der Waals surface area contributed by atoms with Gasteiger partial charge in [-0.25, -0.2) is 0 Å². The second-order valence-electron chi connectivity index (χ2n) is 6.22. The van der Waals surface area contributed by atoms with Gasteiger partial charge >= 0.3 is 0 Å². The molecule has 1 aliphatic heterocycles. The van der Waals surface area contributed by atoms with Crippen LogP contribution >= 0.6 is 0 Å². The molecule has 1 fully saturated rings. The van der Waals surface area contributed by atoms with Crippen LogP contribution in [-0.4, -0.2) is 43.0 Å². The van der Waals surface area contributed by atoms with Gasteiger partial charge in [0.1, 0.15) is 5.75 Å². The molecule has 1 saturated heterocycles. The predicted molar refractivity (Wildman–Crippen MR) is 84.6 cm³/mol. The number of carbonyl (C=O) groups is 2. The lowest BCUT2D eigenvalue weighted by atomic mass is 9.89. The van der Waals surface area contributed by atoms with Gasteiger partial charge in [0.25, 0.3) is 5.91 Å². The first kappa shape index (κ1) is 16.3. The maximum Gasteiger partial charge on any atom is 0.263 e. The standard InChI is InChI=1S/C17H24N2O3/c1-12-5-7-14(8-6-12)22-13(2)15(20)19-10-9-17(3,11-19)16(21)18-4/h5-8,13H,9-11H2,1-4H3,(H,18,21)/t13-,17+/m1/s1. The molecule has 5 heteroatoms. The highest BCUT2D eigenvalue weighted by Gasteiger charge is 2.42. The van der Waals surface area contributed by atoms with Crippen molar-refractivity contribution in [2.75, 3.05) is 20.1 Å². The molecule has 1 heterocycles. The van der Waals surface area contributed by atoms with Crippen LogP contribution < -0.4 is 10.1 Å². The Morgan fingerprint density at radius 2 is 1.95 bits per heavy atom. The maximum absolute atomic E-state index is 12.5. The predicted octanol–water partition coefficient (Wildman–Crippen LogP) is 1.75. The molecule has 0 aliphatic carbocycles. The van der Waals surface area contributed by atoms with Crippen molar-refractivity contribution in [1.82, 2.24) is 10.2 Å². The van der Waals surface area contributed by atoms with Gasteiger partial charge in [-0.05, 0) is 39.3 Å². The molecule has 22 heavy (non-hydrogen) atoms. The Labute approximate surface area is 131 Å². The summed E-state index contributed by atoms with van der Waals surface area (Å²) in [6, 6.07) is 7.62. The van der Waals surface area contributed by atoms with Crippen LogP contribution in [0.2, 0.25) is 0 Å². The molecule has 0 saturated carbocycles. The van der Waals surface area contributed by atoms with Crippen molar-refractivity contribution in [2.45, 2.75) is 33.3 Å². The van der Waals surface area contributed by atoms with Gasteiger partial charge in [0.2, 0.25) is 5.91 Å². The Kier molecular flexibility index (Phi) is 4.74. The Bertz CT molecular complexity index is 556. The van der Waals surface area contributed by atoms with E-state index in [-0.39, 0.29) is 11.8 Å². The Balaban J connectivity index is 1.97. The van der Waals surface area contributed by atoms with Gasteiger partial charge in [-0.15, -0.1) is 0 Å². The molecule has 2 rings (SSSR count). The first-order chi connectivity index (χ1) is 10.4. The van der Waals surface area contributed by atoms with E-state index in [1.54, 1.807) is 18.9 Å². The summed E-state index contributed by atoms with van der Waals surface area (Å²) >= 11 is 0. The molecule has 0 bridgehead atoms. The van der Waals surface area contributed by atoms with Gasteiger partial charge in [-0.1, -0.05) is 17.7 Å². The van der Waals surface area contributed by atoms with Crippen molar-refractivity contribution < 1.29 is 14.3 Å². The summed E-state index contributed by atoms with van der Waals surface area (Å²) in [6.45, 7) is 6.67. The fourth-order valence-corrected chi connectivity index (χ4v) is 2.76. The number of rotatable bonds is 4. The average Bonchev–Trinajstić information content (AvgIpc) is 2.91. The summed E-state index contributed by atoms with van der Waals surface area (Å²) in [7, 11) is 1.63. The van der Waals surface area contributed by atoms with E-state index in [1.807, 2.05) is 38.1 Å². The third kappa shape index (κ3) is 3.40. The smallest absolute Gasteiger partial charge is 0.263 e. The Hall–Kier alpha value is -2.04. The minimum Gasteiger partial charge on any atom is -0.481 e. The van der Waals surface area contributed by atoms with Gasteiger partial charge in [0.05, 0.1) is 5.41 Å². The largest absolute Gasteiger partial charge is 0.481 e.